The van der Waals surface area contributed by atoms with Gasteiger partial charge in [0.25, 0.3) is 0 Å². The van der Waals surface area contributed by atoms with Gasteiger partial charge in [0.15, 0.2) is 0 Å². The molecule has 1 aromatic heterocycles. The van der Waals surface area contributed by atoms with Gasteiger partial charge in [-0.3, -0.25) is 0 Å². The molecule has 3 rings (SSSR count). The van der Waals surface area contributed by atoms with Crippen LogP contribution in [0.4, 0.5) is 0 Å². The number of benzene rings is 2. The van der Waals surface area contributed by atoms with Gasteiger partial charge in [0, 0.05) is 30.5 Å². The molecule has 1 N–H and O–H groups in total. The Morgan fingerprint density at radius 3 is 2.45 bits per heavy atom. The van der Waals surface area contributed by atoms with Gasteiger partial charge in [-0.05, 0) is 29.7 Å². The molecule has 0 bridgehead atoms. The van der Waals surface area contributed by atoms with E-state index < -0.39 is 0 Å². The molecule has 22 heavy (non-hydrogen) atoms. The van der Waals surface area contributed by atoms with Gasteiger partial charge in [-0.15, -0.1) is 0 Å². The van der Waals surface area contributed by atoms with E-state index in [-0.39, 0.29) is 0 Å². The van der Waals surface area contributed by atoms with Crippen LogP contribution in [0.25, 0.3) is 11.1 Å². The van der Waals surface area contributed by atoms with Crippen molar-refractivity contribution in [2.24, 2.45) is 0 Å². The summed E-state index contributed by atoms with van der Waals surface area (Å²) >= 11 is 0. The lowest BCUT2D eigenvalue weighted by molar-refractivity contribution is 0.575. The molecular weight excluding hydrogens is 270 g/mol. The first-order chi connectivity index (χ1) is 10.8. The summed E-state index contributed by atoms with van der Waals surface area (Å²) < 4.78 is 0. The summed E-state index contributed by atoms with van der Waals surface area (Å²) in [5, 5.41) is 3.56. The van der Waals surface area contributed by atoms with E-state index in [4.69, 9.17) is 0 Å². The fraction of sp³-hybridized carbons (Fsp3) is 0.158. The topological polar surface area (TPSA) is 37.8 Å². The molecule has 3 aromatic rings. The van der Waals surface area contributed by atoms with Gasteiger partial charge in [0.2, 0.25) is 0 Å². The lowest BCUT2D eigenvalue weighted by Gasteiger charge is -2.14. The number of rotatable bonds is 5. The molecule has 0 saturated carbocycles. The molecule has 0 spiro atoms. The molecule has 0 aliphatic heterocycles. The summed E-state index contributed by atoms with van der Waals surface area (Å²) in [6.45, 7) is 3.02. The molecule has 0 amide bonds. The predicted molar refractivity (Wildman–Crippen MR) is 89.2 cm³/mol. The van der Waals surface area contributed by atoms with Crippen LogP contribution in [0.3, 0.4) is 0 Å². The molecule has 2 aromatic carbocycles. The van der Waals surface area contributed by atoms with Gasteiger partial charge < -0.3 is 5.32 Å². The third-order valence-corrected chi connectivity index (χ3v) is 3.73. The largest absolute Gasteiger partial charge is 0.306 e. The molecule has 3 nitrogen and oxygen atoms in total. The first kappa shape index (κ1) is 14.4. The van der Waals surface area contributed by atoms with Crippen molar-refractivity contribution in [3.05, 3.63) is 84.4 Å². The van der Waals surface area contributed by atoms with E-state index in [0.29, 0.717) is 6.04 Å². The maximum atomic E-state index is 4.08. The van der Waals surface area contributed by atoms with E-state index >= 15 is 0 Å². The molecule has 0 aliphatic rings. The van der Waals surface area contributed by atoms with E-state index in [1.165, 1.54) is 11.1 Å². The Labute approximate surface area is 131 Å². The molecule has 0 fully saturated rings. The number of aromatic nitrogens is 2. The van der Waals surface area contributed by atoms with Gasteiger partial charge in [-0.25, -0.2) is 9.97 Å². The van der Waals surface area contributed by atoms with Crippen LogP contribution in [0.5, 0.6) is 0 Å². The highest BCUT2D eigenvalue weighted by Crippen LogP contribution is 2.19. The zero-order chi connectivity index (χ0) is 15.2. The molecule has 0 aliphatic carbocycles. The SMILES string of the molecule is C[C@@H](NCc1cccc(-c2cncnc2)c1)c1ccccc1. The standard InChI is InChI=1S/C19H19N3/c1-15(17-7-3-2-4-8-17)22-11-16-6-5-9-18(10-16)19-12-20-14-21-13-19/h2-10,12-15,22H,11H2,1H3/t15-/m1/s1. The maximum absolute atomic E-state index is 4.08. The van der Waals surface area contributed by atoms with E-state index in [1.807, 2.05) is 18.5 Å². The summed E-state index contributed by atoms with van der Waals surface area (Å²) in [5.41, 5.74) is 4.74. The third kappa shape index (κ3) is 3.57. The van der Waals surface area contributed by atoms with Crippen LogP contribution in [0.1, 0.15) is 24.1 Å². The van der Waals surface area contributed by atoms with Crippen molar-refractivity contribution in [3.63, 3.8) is 0 Å². The van der Waals surface area contributed by atoms with Crippen molar-refractivity contribution in [3.8, 4) is 11.1 Å². The quantitative estimate of drug-likeness (QED) is 0.771. The highest BCUT2D eigenvalue weighted by molar-refractivity contribution is 5.62. The van der Waals surface area contributed by atoms with Crippen molar-refractivity contribution < 1.29 is 0 Å². The fourth-order valence-corrected chi connectivity index (χ4v) is 2.44. The zero-order valence-electron chi connectivity index (χ0n) is 12.6. The lowest BCUT2D eigenvalue weighted by Crippen LogP contribution is -2.17. The molecule has 0 radical (unpaired) electrons. The minimum atomic E-state index is 0.324. The number of nitrogens with zero attached hydrogens (tertiary/aromatic N) is 2. The van der Waals surface area contributed by atoms with Crippen molar-refractivity contribution in [1.29, 1.82) is 0 Å². The Balaban J connectivity index is 1.69. The third-order valence-electron chi connectivity index (χ3n) is 3.73. The Bertz CT molecular complexity index is 711. The van der Waals surface area contributed by atoms with Crippen LogP contribution in [-0.4, -0.2) is 9.97 Å². The van der Waals surface area contributed by atoms with E-state index in [9.17, 15) is 0 Å². The summed E-state index contributed by atoms with van der Waals surface area (Å²) in [6, 6.07) is 19.3. The monoisotopic (exact) mass is 289 g/mol. The molecule has 1 atom stereocenters. The minimum absolute atomic E-state index is 0.324. The van der Waals surface area contributed by atoms with Crippen LogP contribution in [0.15, 0.2) is 73.3 Å². The Kier molecular flexibility index (Phi) is 4.56. The molecule has 110 valence electrons. The smallest absolute Gasteiger partial charge is 0.115 e. The van der Waals surface area contributed by atoms with Crippen molar-refractivity contribution in [1.82, 2.24) is 15.3 Å². The number of hydrogen-bond donors (Lipinski definition) is 1. The van der Waals surface area contributed by atoms with Gasteiger partial charge in [0.1, 0.15) is 6.33 Å². The van der Waals surface area contributed by atoms with E-state index in [2.05, 4.69) is 70.7 Å². The number of hydrogen-bond acceptors (Lipinski definition) is 3. The Morgan fingerprint density at radius 1 is 0.909 bits per heavy atom. The minimum Gasteiger partial charge on any atom is -0.306 e. The van der Waals surface area contributed by atoms with Crippen LogP contribution in [-0.2, 0) is 6.54 Å². The van der Waals surface area contributed by atoms with Crippen LogP contribution >= 0.6 is 0 Å². The van der Waals surface area contributed by atoms with Crippen LogP contribution < -0.4 is 5.32 Å². The van der Waals surface area contributed by atoms with E-state index in [0.717, 1.165) is 17.7 Å². The average Bonchev–Trinajstić information content (AvgIpc) is 2.61. The summed E-state index contributed by atoms with van der Waals surface area (Å²) in [6.07, 6.45) is 5.23. The second kappa shape index (κ2) is 6.96. The summed E-state index contributed by atoms with van der Waals surface area (Å²) in [7, 11) is 0. The fourth-order valence-electron chi connectivity index (χ4n) is 2.44. The Morgan fingerprint density at radius 2 is 1.68 bits per heavy atom. The van der Waals surface area contributed by atoms with Crippen molar-refractivity contribution in [2.75, 3.05) is 0 Å². The average molecular weight is 289 g/mol. The summed E-state index contributed by atoms with van der Waals surface area (Å²) in [5.74, 6) is 0. The molecule has 1 heterocycles. The van der Waals surface area contributed by atoms with Crippen LogP contribution in [0, 0.1) is 0 Å². The van der Waals surface area contributed by atoms with Gasteiger partial charge in [0.05, 0.1) is 0 Å². The van der Waals surface area contributed by atoms with Gasteiger partial charge >= 0.3 is 0 Å². The summed E-state index contributed by atoms with van der Waals surface area (Å²) in [4.78, 5) is 8.16. The van der Waals surface area contributed by atoms with E-state index in [1.54, 1.807) is 6.33 Å². The van der Waals surface area contributed by atoms with Gasteiger partial charge in [-0.2, -0.15) is 0 Å². The van der Waals surface area contributed by atoms with Gasteiger partial charge in [-0.1, -0.05) is 48.5 Å². The van der Waals surface area contributed by atoms with Crippen molar-refractivity contribution in [2.45, 2.75) is 19.5 Å². The Hall–Kier alpha value is -2.52. The number of nitrogens with one attached hydrogen (secondary N) is 1. The maximum Gasteiger partial charge on any atom is 0.115 e. The first-order valence-electron chi connectivity index (χ1n) is 7.45. The molecular formula is C19H19N3. The van der Waals surface area contributed by atoms with Crippen LogP contribution in [0.2, 0.25) is 0 Å². The highest BCUT2D eigenvalue weighted by atomic mass is 14.9. The first-order valence-corrected chi connectivity index (χ1v) is 7.45. The zero-order valence-corrected chi connectivity index (χ0v) is 12.6. The van der Waals surface area contributed by atoms with Crippen molar-refractivity contribution >= 4 is 0 Å². The molecule has 3 heteroatoms. The lowest BCUT2D eigenvalue weighted by atomic mass is 10.0. The highest BCUT2D eigenvalue weighted by Gasteiger charge is 2.05. The second-order valence-corrected chi connectivity index (χ2v) is 5.34. The molecule has 0 saturated heterocycles. The predicted octanol–water partition coefficient (Wildman–Crippen LogP) is 3.99. The normalized spacial score (nSPS) is 12.0. The molecule has 0 unspecified atom stereocenters. The second-order valence-electron chi connectivity index (χ2n) is 5.34.